The van der Waals surface area contributed by atoms with E-state index in [1.807, 2.05) is 0 Å². The quantitative estimate of drug-likeness (QED) is 0.454. The molecule has 2 heteroatoms. The molecule has 0 saturated carbocycles. The highest BCUT2D eigenvalue weighted by Crippen LogP contribution is 2.64. The van der Waals surface area contributed by atoms with E-state index in [9.17, 15) is 0 Å². The highest BCUT2D eigenvalue weighted by atomic mass is 32.1. The third-order valence-electron chi connectivity index (χ3n) is 4.18. The molecule has 1 unspecified atom stereocenters. The molecule has 16 heavy (non-hydrogen) atoms. The summed E-state index contributed by atoms with van der Waals surface area (Å²) >= 11 is 4.92. The van der Waals surface area contributed by atoms with Crippen molar-refractivity contribution in [3.8, 4) is 0 Å². The summed E-state index contributed by atoms with van der Waals surface area (Å²) in [5.41, 5.74) is 0. The van der Waals surface area contributed by atoms with Gasteiger partial charge in [0.25, 0.3) is 0 Å². The summed E-state index contributed by atoms with van der Waals surface area (Å²) in [6.45, 7) is 24.1. The molecule has 0 N–H and O–H groups in total. The van der Waals surface area contributed by atoms with Gasteiger partial charge >= 0.3 is 0 Å². The van der Waals surface area contributed by atoms with Crippen LogP contribution in [0.2, 0.25) is 15.1 Å². The van der Waals surface area contributed by atoms with Crippen molar-refractivity contribution in [2.75, 3.05) is 0 Å². The number of hydrogen-bond acceptors (Lipinski definition) is 1. The Morgan fingerprint density at radius 2 is 0.875 bits per heavy atom. The maximum Gasteiger partial charge on any atom is 0.0830 e. The number of thiol groups is 1. The summed E-state index contributed by atoms with van der Waals surface area (Å²) in [5, 5.41) is 1.10. The predicted molar refractivity (Wildman–Crippen MR) is 83.3 cm³/mol. The van der Waals surface area contributed by atoms with Crippen LogP contribution in [0.1, 0.15) is 69.2 Å². The average Bonchev–Trinajstić information content (AvgIpc) is 1.71. The Kier molecular flexibility index (Phi) is 4.50. The van der Waals surface area contributed by atoms with E-state index < -0.39 is 8.07 Å². The molecule has 0 fully saturated rings. The lowest BCUT2D eigenvalue weighted by atomic mass is 10.2. The molecule has 98 valence electrons. The summed E-state index contributed by atoms with van der Waals surface area (Å²) < 4.78 is 0. The van der Waals surface area contributed by atoms with E-state index in [1.165, 1.54) is 0 Å². The van der Waals surface area contributed by atoms with E-state index in [-0.39, 0.29) is 0 Å². The summed E-state index contributed by atoms with van der Waals surface area (Å²) in [4.78, 5) is 0.507. The molecule has 0 saturated heterocycles. The summed E-state index contributed by atoms with van der Waals surface area (Å²) in [6, 6.07) is 0. The first-order valence-corrected chi connectivity index (χ1v) is 8.97. The second-order valence-corrected chi connectivity index (χ2v) is 16.5. The van der Waals surface area contributed by atoms with E-state index in [2.05, 4.69) is 69.2 Å². The first-order valence-electron chi connectivity index (χ1n) is 6.37. The van der Waals surface area contributed by atoms with Gasteiger partial charge < -0.3 is 0 Å². The smallest absolute Gasteiger partial charge is 0.0830 e. The van der Waals surface area contributed by atoms with Gasteiger partial charge in [-0.2, -0.15) is 12.6 Å². The van der Waals surface area contributed by atoms with Crippen molar-refractivity contribution >= 4 is 20.7 Å². The third-order valence-corrected chi connectivity index (χ3v) is 13.7. The van der Waals surface area contributed by atoms with Crippen molar-refractivity contribution in [2.24, 2.45) is 0 Å². The molecule has 0 spiro atoms. The topological polar surface area (TPSA) is 0 Å². The molecule has 1 atom stereocenters. The summed E-state index contributed by atoms with van der Waals surface area (Å²) in [7, 11) is -1.61. The molecule has 0 heterocycles. The van der Waals surface area contributed by atoms with Crippen molar-refractivity contribution in [3.63, 3.8) is 0 Å². The lowest BCUT2D eigenvalue weighted by molar-refractivity contribution is 0.526. The van der Waals surface area contributed by atoms with E-state index in [0.29, 0.717) is 20.0 Å². The van der Waals surface area contributed by atoms with Gasteiger partial charge in [0.2, 0.25) is 0 Å². The van der Waals surface area contributed by atoms with Gasteiger partial charge in [0.05, 0.1) is 8.07 Å². The van der Waals surface area contributed by atoms with E-state index >= 15 is 0 Å². The maximum absolute atomic E-state index is 4.92. The van der Waals surface area contributed by atoms with Crippen LogP contribution in [0.15, 0.2) is 0 Å². The highest BCUT2D eigenvalue weighted by Gasteiger charge is 2.61. The maximum atomic E-state index is 4.92. The second kappa shape index (κ2) is 4.35. The molecule has 0 nitrogen and oxygen atoms in total. The largest absolute Gasteiger partial charge is 0.179 e. The van der Waals surface area contributed by atoms with Gasteiger partial charge in [0.1, 0.15) is 0 Å². The van der Waals surface area contributed by atoms with Crippen LogP contribution in [0.25, 0.3) is 0 Å². The van der Waals surface area contributed by atoms with E-state index in [4.69, 9.17) is 12.6 Å². The molecule has 0 aliphatic rings. The summed E-state index contributed by atoms with van der Waals surface area (Å²) in [5.74, 6) is 0. The number of rotatable bonds is 1. The zero-order valence-electron chi connectivity index (χ0n) is 13.0. The first-order chi connectivity index (χ1) is 6.69. The van der Waals surface area contributed by atoms with E-state index in [1.54, 1.807) is 0 Å². The fraction of sp³-hybridized carbons (Fsp3) is 1.00. The van der Waals surface area contributed by atoms with Crippen LogP contribution in [0.4, 0.5) is 0 Å². The lowest BCUT2D eigenvalue weighted by Crippen LogP contribution is -2.64. The van der Waals surface area contributed by atoms with Crippen molar-refractivity contribution in [1.82, 2.24) is 0 Å². The van der Waals surface area contributed by atoms with Gasteiger partial charge in [-0.05, 0) is 20.0 Å². The fourth-order valence-electron chi connectivity index (χ4n) is 5.25. The van der Waals surface area contributed by atoms with E-state index in [0.717, 1.165) is 0 Å². The van der Waals surface area contributed by atoms with Crippen molar-refractivity contribution < 1.29 is 0 Å². The van der Waals surface area contributed by atoms with Crippen LogP contribution in [0, 0.1) is 0 Å². The SMILES string of the molecule is CC(S)[Si](C(C)(C)C)(C(C)(C)C)C(C)(C)C. The molecule has 0 amide bonds. The Hall–Kier alpha value is 0.567. The van der Waals surface area contributed by atoms with Crippen molar-refractivity contribution in [2.45, 2.75) is 89.2 Å². The molecule has 0 aliphatic heterocycles. The Balaban J connectivity index is 6.05. The van der Waals surface area contributed by atoms with Crippen LogP contribution >= 0.6 is 12.6 Å². The van der Waals surface area contributed by atoms with Gasteiger partial charge in [-0.15, -0.1) is 0 Å². The zero-order chi connectivity index (χ0) is 13.6. The normalized spacial score (nSPS) is 17.4. The minimum absolute atomic E-state index is 0.366. The molecule has 0 radical (unpaired) electrons. The minimum Gasteiger partial charge on any atom is -0.179 e. The molecule has 0 aliphatic carbocycles. The molecule has 0 rings (SSSR count). The van der Waals surface area contributed by atoms with Gasteiger partial charge in [-0.3, -0.25) is 0 Å². The Labute approximate surface area is 110 Å². The molecule has 0 aromatic rings. The average molecular weight is 261 g/mol. The monoisotopic (exact) mass is 260 g/mol. The minimum atomic E-state index is -1.61. The lowest BCUT2D eigenvalue weighted by Gasteiger charge is -2.61. The van der Waals surface area contributed by atoms with Crippen LogP contribution in [-0.2, 0) is 0 Å². The second-order valence-electron chi connectivity index (χ2n) is 8.23. The third kappa shape index (κ3) is 2.38. The van der Waals surface area contributed by atoms with Crippen LogP contribution in [0.3, 0.4) is 0 Å². The highest BCUT2D eigenvalue weighted by molar-refractivity contribution is 7.83. The van der Waals surface area contributed by atoms with Crippen molar-refractivity contribution in [3.05, 3.63) is 0 Å². The Bertz CT molecular complexity index is 199. The Morgan fingerprint density at radius 3 is 0.875 bits per heavy atom. The van der Waals surface area contributed by atoms with Crippen LogP contribution in [-0.4, -0.2) is 12.9 Å². The molecular weight excluding hydrogens is 228 g/mol. The molecular formula is C14H32SSi. The molecule has 0 aromatic carbocycles. The standard InChI is InChI=1S/C14H32SSi/c1-11(15)16(12(2,3)4,13(5,6)7)14(8,9)10/h11,15H,1-10H3. The number of hydrogen-bond donors (Lipinski definition) is 1. The Morgan fingerprint density at radius 1 is 0.688 bits per heavy atom. The fourth-order valence-corrected chi connectivity index (χ4v) is 19.3. The van der Waals surface area contributed by atoms with Crippen molar-refractivity contribution in [1.29, 1.82) is 0 Å². The molecule has 0 bridgehead atoms. The molecule has 0 aromatic heterocycles. The first kappa shape index (κ1) is 16.6. The van der Waals surface area contributed by atoms with Gasteiger partial charge in [-0.25, -0.2) is 0 Å². The van der Waals surface area contributed by atoms with Gasteiger partial charge in [0, 0.05) is 0 Å². The van der Waals surface area contributed by atoms with Gasteiger partial charge in [0.15, 0.2) is 0 Å². The predicted octanol–water partition coefficient (Wildman–Crippen LogP) is 5.69. The van der Waals surface area contributed by atoms with Gasteiger partial charge in [-0.1, -0.05) is 69.2 Å². The van der Waals surface area contributed by atoms with Crippen LogP contribution < -0.4 is 0 Å². The summed E-state index contributed by atoms with van der Waals surface area (Å²) in [6.07, 6.45) is 0. The van der Waals surface area contributed by atoms with Crippen LogP contribution in [0.5, 0.6) is 0 Å². The zero-order valence-corrected chi connectivity index (χ0v) is 14.9.